The minimum Gasteiger partial charge on any atom is -0.480 e. The van der Waals surface area contributed by atoms with Gasteiger partial charge in [0.1, 0.15) is 6.04 Å². The minimum absolute atomic E-state index is 0.123. The lowest BCUT2D eigenvalue weighted by atomic mass is 9.93. The van der Waals surface area contributed by atoms with Gasteiger partial charge in [-0.2, -0.15) is 4.98 Å². The van der Waals surface area contributed by atoms with Crippen molar-refractivity contribution in [3.8, 4) is 10.7 Å². The second-order valence-corrected chi connectivity index (χ2v) is 7.29. The summed E-state index contributed by atoms with van der Waals surface area (Å²) in [6.45, 7) is 0.302. The van der Waals surface area contributed by atoms with E-state index >= 15 is 0 Å². The molecule has 0 radical (unpaired) electrons. The van der Waals surface area contributed by atoms with Crippen LogP contribution in [0.25, 0.3) is 10.7 Å². The Morgan fingerprint density at radius 1 is 1.22 bits per heavy atom. The van der Waals surface area contributed by atoms with E-state index in [1.54, 1.807) is 0 Å². The highest BCUT2D eigenvalue weighted by Gasteiger charge is 2.34. The van der Waals surface area contributed by atoms with Crippen LogP contribution in [-0.2, 0) is 29.0 Å². The summed E-state index contributed by atoms with van der Waals surface area (Å²) < 4.78 is 5.22. The van der Waals surface area contributed by atoms with Crippen molar-refractivity contribution in [2.75, 3.05) is 0 Å². The standard InChI is InChI=1S/C19H17N3O4S/c23-17(8-7-16-20-18(21-26-16)15-6-3-9-27-15)22-11-13-5-2-1-4-12(13)10-14(22)19(24)25/h1-6,9,14H,7-8,10-11H2,(H,24,25). The summed E-state index contributed by atoms with van der Waals surface area (Å²) >= 11 is 1.51. The molecule has 1 unspecified atom stereocenters. The Kier molecular flexibility index (Phi) is 4.72. The lowest BCUT2D eigenvalue weighted by Crippen LogP contribution is -2.48. The van der Waals surface area contributed by atoms with Crippen LogP contribution in [-0.4, -0.2) is 38.1 Å². The molecule has 0 saturated heterocycles. The molecule has 4 rings (SSSR count). The number of carboxylic acid groups (broad SMARTS) is 1. The molecule has 3 heterocycles. The van der Waals surface area contributed by atoms with Gasteiger partial charge in [-0.15, -0.1) is 11.3 Å². The van der Waals surface area contributed by atoms with E-state index in [0.29, 0.717) is 24.7 Å². The number of carboxylic acids is 1. The first-order valence-corrected chi connectivity index (χ1v) is 9.45. The molecule has 138 valence electrons. The molecule has 0 saturated carbocycles. The molecule has 1 atom stereocenters. The molecule has 1 N–H and O–H groups in total. The van der Waals surface area contributed by atoms with Gasteiger partial charge in [0.15, 0.2) is 0 Å². The third kappa shape index (κ3) is 3.61. The molecule has 1 aromatic carbocycles. The van der Waals surface area contributed by atoms with Crippen LogP contribution in [0.5, 0.6) is 0 Å². The smallest absolute Gasteiger partial charge is 0.326 e. The second-order valence-electron chi connectivity index (χ2n) is 6.34. The van der Waals surface area contributed by atoms with Crippen molar-refractivity contribution < 1.29 is 19.2 Å². The number of carbonyl (C=O) groups excluding carboxylic acids is 1. The number of thiophene rings is 1. The van der Waals surface area contributed by atoms with Crippen molar-refractivity contribution in [2.45, 2.75) is 31.8 Å². The van der Waals surface area contributed by atoms with Crippen molar-refractivity contribution in [1.29, 1.82) is 0 Å². The maximum absolute atomic E-state index is 12.7. The Balaban J connectivity index is 1.45. The molecular weight excluding hydrogens is 366 g/mol. The van der Waals surface area contributed by atoms with Gasteiger partial charge in [0.2, 0.25) is 17.6 Å². The lowest BCUT2D eigenvalue weighted by Gasteiger charge is -2.34. The summed E-state index contributed by atoms with van der Waals surface area (Å²) in [5, 5.41) is 15.4. The normalized spacial score (nSPS) is 16.1. The number of hydrogen-bond acceptors (Lipinski definition) is 6. The van der Waals surface area contributed by atoms with E-state index in [1.807, 2.05) is 41.8 Å². The summed E-state index contributed by atoms with van der Waals surface area (Å²) in [6, 6.07) is 10.6. The third-order valence-corrected chi connectivity index (χ3v) is 5.48. The first kappa shape index (κ1) is 17.4. The number of amides is 1. The Hall–Kier alpha value is -3.00. The Labute approximate surface area is 159 Å². The molecule has 8 heteroatoms. The molecular formula is C19H17N3O4S. The van der Waals surface area contributed by atoms with Crippen LogP contribution in [0.4, 0.5) is 0 Å². The quantitative estimate of drug-likeness (QED) is 0.728. The fourth-order valence-electron chi connectivity index (χ4n) is 3.23. The number of hydrogen-bond donors (Lipinski definition) is 1. The molecule has 0 spiro atoms. The molecule has 0 bridgehead atoms. The van der Waals surface area contributed by atoms with E-state index < -0.39 is 12.0 Å². The van der Waals surface area contributed by atoms with Crippen LogP contribution in [0.15, 0.2) is 46.3 Å². The summed E-state index contributed by atoms with van der Waals surface area (Å²) in [7, 11) is 0. The summed E-state index contributed by atoms with van der Waals surface area (Å²) in [6.07, 6.45) is 0.722. The van der Waals surface area contributed by atoms with Crippen LogP contribution in [0.2, 0.25) is 0 Å². The largest absolute Gasteiger partial charge is 0.480 e. The molecule has 0 fully saturated rings. The number of aliphatic carboxylic acids is 1. The summed E-state index contributed by atoms with van der Waals surface area (Å²) in [4.78, 5) is 31.0. The Bertz CT molecular complexity index is 967. The highest BCUT2D eigenvalue weighted by molar-refractivity contribution is 7.13. The van der Waals surface area contributed by atoms with Crippen molar-refractivity contribution in [1.82, 2.24) is 15.0 Å². The van der Waals surface area contributed by atoms with Crippen LogP contribution >= 0.6 is 11.3 Å². The van der Waals surface area contributed by atoms with Gasteiger partial charge >= 0.3 is 5.97 Å². The van der Waals surface area contributed by atoms with Gasteiger partial charge in [0.25, 0.3) is 0 Å². The van der Waals surface area contributed by atoms with E-state index in [2.05, 4.69) is 10.1 Å². The van der Waals surface area contributed by atoms with Gasteiger partial charge in [-0.05, 0) is 22.6 Å². The SMILES string of the molecule is O=C(O)C1Cc2ccccc2CN1C(=O)CCc1nc(-c2cccs2)no1. The molecule has 27 heavy (non-hydrogen) atoms. The Morgan fingerprint density at radius 3 is 2.78 bits per heavy atom. The predicted molar refractivity (Wildman–Crippen MR) is 98.1 cm³/mol. The zero-order valence-corrected chi connectivity index (χ0v) is 15.2. The lowest BCUT2D eigenvalue weighted by molar-refractivity contribution is -0.151. The second kappa shape index (κ2) is 7.32. The highest BCUT2D eigenvalue weighted by atomic mass is 32.1. The van der Waals surface area contributed by atoms with Crippen LogP contribution in [0.3, 0.4) is 0 Å². The molecule has 1 amide bonds. The average Bonchev–Trinajstić information content (AvgIpc) is 3.36. The van der Waals surface area contributed by atoms with Crippen molar-refractivity contribution >= 4 is 23.2 Å². The van der Waals surface area contributed by atoms with Gasteiger partial charge in [-0.25, -0.2) is 4.79 Å². The molecule has 2 aromatic heterocycles. The van der Waals surface area contributed by atoms with E-state index in [-0.39, 0.29) is 18.7 Å². The molecule has 1 aliphatic heterocycles. The number of aromatic nitrogens is 2. The monoisotopic (exact) mass is 383 g/mol. The maximum Gasteiger partial charge on any atom is 0.326 e. The number of rotatable bonds is 5. The zero-order chi connectivity index (χ0) is 18.8. The van der Waals surface area contributed by atoms with E-state index in [9.17, 15) is 14.7 Å². The van der Waals surface area contributed by atoms with Gasteiger partial charge < -0.3 is 14.5 Å². The van der Waals surface area contributed by atoms with Crippen molar-refractivity contribution in [3.05, 3.63) is 58.8 Å². The maximum atomic E-state index is 12.7. The predicted octanol–water partition coefficient (Wildman–Crippen LogP) is 2.77. The van der Waals surface area contributed by atoms with E-state index in [4.69, 9.17) is 4.52 Å². The van der Waals surface area contributed by atoms with Crippen LogP contribution in [0, 0.1) is 0 Å². The number of aryl methyl sites for hydroxylation is 1. The van der Waals surface area contributed by atoms with Gasteiger partial charge in [-0.3, -0.25) is 4.79 Å². The van der Waals surface area contributed by atoms with Crippen LogP contribution in [0.1, 0.15) is 23.4 Å². The zero-order valence-electron chi connectivity index (χ0n) is 14.4. The van der Waals surface area contributed by atoms with Gasteiger partial charge in [0, 0.05) is 25.8 Å². The number of carbonyl (C=O) groups is 2. The first-order valence-electron chi connectivity index (χ1n) is 8.57. The average molecular weight is 383 g/mol. The van der Waals surface area contributed by atoms with Crippen LogP contribution < -0.4 is 0 Å². The number of benzene rings is 1. The van der Waals surface area contributed by atoms with Crippen molar-refractivity contribution in [3.63, 3.8) is 0 Å². The number of nitrogens with zero attached hydrogens (tertiary/aromatic N) is 3. The highest BCUT2D eigenvalue weighted by Crippen LogP contribution is 2.25. The summed E-state index contributed by atoms with van der Waals surface area (Å²) in [5.74, 6) is -0.345. The van der Waals surface area contributed by atoms with Crippen molar-refractivity contribution in [2.24, 2.45) is 0 Å². The molecule has 0 aliphatic carbocycles. The number of fused-ring (bicyclic) bond motifs is 1. The Morgan fingerprint density at radius 2 is 2.04 bits per heavy atom. The fourth-order valence-corrected chi connectivity index (χ4v) is 3.87. The van der Waals surface area contributed by atoms with Gasteiger partial charge in [0.05, 0.1) is 4.88 Å². The van der Waals surface area contributed by atoms with E-state index in [1.165, 1.54) is 16.2 Å². The van der Waals surface area contributed by atoms with Gasteiger partial charge in [-0.1, -0.05) is 35.5 Å². The van der Waals surface area contributed by atoms with E-state index in [0.717, 1.165) is 16.0 Å². The topological polar surface area (TPSA) is 96.5 Å². The minimum atomic E-state index is -0.990. The third-order valence-electron chi connectivity index (χ3n) is 4.62. The summed E-state index contributed by atoms with van der Waals surface area (Å²) in [5.41, 5.74) is 1.97. The molecule has 7 nitrogen and oxygen atoms in total. The first-order chi connectivity index (χ1) is 13.1. The molecule has 3 aromatic rings. The fraction of sp³-hybridized carbons (Fsp3) is 0.263. The molecule has 1 aliphatic rings.